The Kier molecular flexibility index (Phi) is 4.66. The Hall–Kier alpha value is -2.22. The maximum absolute atomic E-state index is 12.1. The third-order valence-electron chi connectivity index (χ3n) is 3.84. The van der Waals surface area contributed by atoms with Gasteiger partial charge in [0.1, 0.15) is 11.0 Å². The molecule has 0 atom stereocenters. The van der Waals surface area contributed by atoms with E-state index in [0.717, 1.165) is 27.4 Å². The lowest BCUT2D eigenvalue weighted by molar-refractivity contribution is -0.121. The second kappa shape index (κ2) is 6.72. The van der Waals surface area contributed by atoms with Crippen LogP contribution >= 0.6 is 11.3 Å². The summed E-state index contributed by atoms with van der Waals surface area (Å²) in [6.45, 7) is 9.13. The molecule has 7 nitrogen and oxygen atoms in total. The van der Waals surface area contributed by atoms with Gasteiger partial charge in [-0.2, -0.15) is 10.2 Å². The van der Waals surface area contributed by atoms with E-state index in [1.54, 1.807) is 11.3 Å². The minimum absolute atomic E-state index is 0.00166. The van der Waals surface area contributed by atoms with Gasteiger partial charge in [0.05, 0.1) is 35.7 Å². The number of hydrogen-bond acceptors (Lipinski definition) is 5. The molecule has 0 radical (unpaired) electrons. The van der Waals surface area contributed by atoms with Gasteiger partial charge in [0, 0.05) is 17.8 Å². The first kappa shape index (κ1) is 16.6. The molecule has 0 spiro atoms. The molecule has 3 aromatic rings. The number of aromatic nitrogens is 5. The Balaban J connectivity index is 1.62. The molecule has 24 heavy (non-hydrogen) atoms. The van der Waals surface area contributed by atoms with E-state index in [-0.39, 0.29) is 11.9 Å². The van der Waals surface area contributed by atoms with Gasteiger partial charge >= 0.3 is 0 Å². The van der Waals surface area contributed by atoms with Crippen molar-refractivity contribution in [2.24, 2.45) is 0 Å². The highest BCUT2D eigenvalue weighted by atomic mass is 32.1. The molecule has 3 rings (SSSR count). The number of amides is 1. The maximum atomic E-state index is 12.1. The third-order valence-corrected chi connectivity index (χ3v) is 4.66. The molecule has 0 aliphatic carbocycles. The van der Waals surface area contributed by atoms with E-state index < -0.39 is 0 Å². The number of aryl methyl sites for hydroxylation is 3. The van der Waals surface area contributed by atoms with Crippen LogP contribution in [0, 0.1) is 13.8 Å². The van der Waals surface area contributed by atoms with Crippen LogP contribution in [0.1, 0.15) is 42.7 Å². The highest BCUT2D eigenvalue weighted by Gasteiger charge is 2.15. The summed E-state index contributed by atoms with van der Waals surface area (Å²) in [7, 11) is 0. The van der Waals surface area contributed by atoms with Crippen LogP contribution in [-0.4, -0.2) is 30.5 Å². The lowest BCUT2D eigenvalue weighted by Gasteiger charge is -2.04. The van der Waals surface area contributed by atoms with Gasteiger partial charge in [0.2, 0.25) is 5.91 Å². The van der Waals surface area contributed by atoms with Crippen molar-refractivity contribution in [3.05, 3.63) is 28.0 Å². The fourth-order valence-corrected chi connectivity index (χ4v) is 3.33. The van der Waals surface area contributed by atoms with Crippen molar-refractivity contribution in [3.63, 3.8) is 0 Å². The third kappa shape index (κ3) is 3.33. The fraction of sp³-hybridized carbons (Fsp3) is 0.500. The summed E-state index contributed by atoms with van der Waals surface area (Å²) in [5.74, 6) is -0.00166. The zero-order chi connectivity index (χ0) is 17.3. The van der Waals surface area contributed by atoms with Crippen LogP contribution < -0.4 is 5.32 Å². The van der Waals surface area contributed by atoms with Crippen LogP contribution in [0.15, 0.2) is 11.6 Å². The van der Waals surface area contributed by atoms with E-state index >= 15 is 0 Å². The predicted molar refractivity (Wildman–Crippen MR) is 94.0 cm³/mol. The number of carbonyl (C=O) groups is 1. The predicted octanol–water partition coefficient (Wildman–Crippen LogP) is 2.59. The first-order valence-corrected chi connectivity index (χ1v) is 8.92. The van der Waals surface area contributed by atoms with Gasteiger partial charge in [-0.15, -0.1) is 11.3 Å². The van der Waals surface area contributed by atoms with Crippen LogP contribution in [0.5, 0.6) is 0 Å². The SMILES string of the molecule is Cc1nc(CNC(=O)CCn2ncc3c2c(C)nn3C(C)C)cs1. The van der Waals surface area contributed by atoms with Crippen molar-refractivity contribution in [1.82, 2.24) is 29.9 Å². The lowest BCUT2D eigenvalue weighted by atomic mass is 10.3. The van der Waals surface area contributed by atoms with Gasteiger partial charge < -0.3 is 5.32 Å². The summed E-state index contributed by atoms with van der Waals surface area (Å²) in [6, 6.07) is 0.281. The fourth-order valence-electron chi connectivity index (χ4n) is 2.72. The average molecular weight is 346 g/mol. The van der Waals surface area contributed by atoms with Crippen molar-refractivity contribution in [1.29, 1.82) is 0 Å². The van der Waals surface area contributed by atoms with Crippen LogP contribution in [0.2, 0.25) is 0 Å². The quantitative estimate of drug-likeness (QED) is 0.744. The van der Waals surface area contributed by atoms with Gasteiger partial charge in [0.15, 0.2) is 0 Å². The average Bonchev–Trinajstić information content (AvgIpc) is 3.21. The summed E-state index contributed by atoms with van der Waals surface area (Å²) >= 11 is 1.59. The molecule has 0 aromatic carbocycles. The van der Waals surface area contributed by atoms with Crippen LogP contribution in [0.3, 0.4) is 0 Å². The van der Waals surface area contributed by atoms with E-state index in [9.17, 15) is 4.79 Å². The van der Waals surface area contributed by atoms with Crippen molar-refractivity contribution >= 4 is 28.3 Å². The number of hydrogen-bond donors (Lipinski definition) is 1. The number of rotatable bonds is 6. The minimum Gasteiger partial charge on any atom is -0.350 e. The molecule has 0 aliphatic rings. The Bertz CT molecular complexity index is 859. The first-order chi connectivity index (χ1) is 11.5. The van der Waals surface area contributed by atoms with Gasteiger partial charge in [-0.05, 0) is 27.7 Å². The molecule has 0 saturated heterocycles. The van der Waals surface area contributed by atoms with Gasteiger partial charge in [-0.3, -0.25) is 14.2 Å². The molecule has 0 unspecified atom stereocenters. The number of nitrogens with one attached hydrogen (secondary N) is 1. The molecule has 0 fully saturated rings. The van der Waals surface area contributed by atoms with Gasteiger partial charge in [-0.25, -0.2) is 4.98 Å². The van der Waals surface area contributed by atoms with Crippen LogP contribution in [-0.2, 0) is 17.9 Å². The van der Waals surface area contributed by atoms with E-state index in [4.69, 9.17) is 0 Å². The standard InChI is InChI=1S/C16H22N6OS/c1-10(2)22-14-8-18-21(16(14)11(3)20-22)6-5-15(23)17-7-13-9-24-12(4)19-13/h8-10H,5-7H2,1-4H3,(H,17,23). The Labute approximate surface area is 144 Å². The molecule has 0 bridgehead atoms. The normalized spacial score (nSPS) is 11.5. The second-order valence-electron chi connectivity index (χ2n) is 6.11. The molecule has 128 valence electrons. The summed E-state index contributed by atoms with van der Waals surface area (Å²) in [5.41, 5.74) is 3.86. The molecule has 8 heteroatoms. The van der Waals surface area contributed by atoms with E-state index in [1.807, 2.05) is 34.8 Å². The number of thiazole rings is 1. The first-order valence-electron chi connectivity index (χ1n) is 8.04. The Morgan fingerprint density at radius 1 is 1.38 bits per heavy atom. The maximum Gasteiger partial charge on any atom is 0.222 e. The molecular weight excluding hydrogens is 324 g/mol. The summed E-state index contributed by atoms with van der Waals surface area (Å²) in [6.07, 6.45) is 2.21. The second-order valence-corrected chi connectivity index (χ2v) is 7.17. The summed E-state index contributed by atoms with van der Waals surface area (Å²) in [4.78, 5) is 16.4. The summed E-state index contributed by atoms with van der Waals surface area (Å²) < 4.78 is 3.84. The Morgan fingerprint density at radius 2 is 2.17 bits per heavy atom. The topological polar surface area (TPSA) is 77.6 Å². The van der Waals surface area contributed by atoms with Crippen molar-refractivity contribution in [2.45, 2.75) is 53.2 Å². The molecule has 1 N–H and O–H groups in total. The number of carbonyl (C=O) groups excluding carboxylic acids is 1. The van der Waals surface area contributed by atoms with Crippen molar-refractivity contribution in [2.75, 3.05) is 0 Å². The van der Waals surface area contributed by atoms with Crippen LogP contribution in [0.4, 0.5) is 0 Å². The molecule has 0 aliphatic heterocycles. The van der Waals surface area contributed by atoms with E-state index in [2.05, 4.69) is 34.3 Å². The Morgan fingerprint density at radius 3 is 2.83 bits per heavy atom. The molecular formula is C16H22N6OS. The van der Waals surface area contributed by atoms with Crippen LogP contribution in [0.25, 0.3) is 11.0 Å². The van der Waals surface area contributed by atoms with Crippen molar-refractivity contribution in [3.8, 4) is 0 Å². The lowest BCUT2D eigenvalue weighted by Crippen LogP contribution is -2.24. The smallest absolute Gasteiger partial charge is 0.222 e. The molecule has 3 heterocycles. The molecule has 3 aromatic heterocycles. The summed E-state index contributed by atoms with van der Waals surface area (Å²) in [5, 5.41) is 14.9. The number of nitrogens with zero attached hydrogens (tertiary/aromatic N) is 5. The molecule has 1 amide bonds. The highest BCUT2D eigenvalue weighted by Crippen LogP contribution is 2.21. The minimum atomic E-state index is -0.00166. The highest BCUT2D eigenvalue weighted by molar-refractivity contribution is 7.09. The zero-order valence-electron chi connectivity index (χ0n) is 14.4. The molecule has 0 saturated carbocycles. The zero-order valence-corrected chi connectivity index (χ0v) is 15.2. The van der Waals surface area contributed by atoms with Gasteiger partial charge in [-0.1, -0.05) is 0 Å². The largest absolute Gasteiger partial charge is 0.350 e. The van der Waals surface area contributed by atoms with Crippen molar-refractivity contribution < 1.29 is 4.79 Å². The van der Waals surface area contributed by atoms with E-state index in [1.165, 1.54) is 0 Å². The van der Waals surface area contributed by atoms with E-state index in [0.29, 0.717) is 19.5 Å². The monoisotopic (exact) mass is 346 g/mol. The van der Waals surface area contributed by atoms with Gasteiger partial charge in [0.25, 0.3) is 0 Å². The number of fused-ring (bicyclic) bond motifs is 1.